The molecule has 0 saturated carbocycles. The van der Waals surface area contributed by atoms with Gasteiger partial charge in [-0.2, -0.15) is 16.8 Å². The van der Waals surface area contributed by atoms with Crippen molar-refractivity contribution in [2.45, 2.75) is 0 Å². The summed E-state index contributed by atoms with van der Waals surface area (Å²) >= 11 is 0. The third-order valence-corrected chi connectivity index (χ3v) is 2.30. The number of hydrogen-bond acceptors (Lipinski definition) is 4. The van der Waals surface area contributed by atoms with Crippen molar-refractivity contribution in [2.75, 3.05) is 11.5 Å². The molecule has 0 rings (SSSR count). The van der Waals surface area contributed by atoms with E-state index in [4.69, 9.17) is 9.11 Å². The van der Waals surface area contributed by atoms with Crippen LogP contribution in [0.3, 0.4) is 0 Å². The number of rotatable bonds is 3. The molecule has 0 heterocycles. The van der Waals surface area contributed by atoms with Gasteiger partial charge in [-0.15, -0.1) is 0 Å². The Bertz CT molecular complexity index is 263. The molecule has 0 bridgehead atoms. The van der Waals surface area contributed by atoms with Gasteiger partial charge in [-0.3, -0.25) is 9.11 Å². The van der Waals surface area contributed by atoms with Gasteiger partial charge < -0.3 is 2.85 Å². The second-order valence-electron chi connectivity index (χ2n) is 1.57. The Hall–Kier alpha value is 1.08. The molecule has 2 N–H and O–H groups in total. The van der Waals surface area contributed by atoms with Crippen molar-refractivity contribution in [3.8, 4) is 0 Å². The zero-order valence-corrected chi connectivity index (χ0v) is 9.31. The van der Waals surface area contributed by atoms with Gasteiger partial charge in [0, 0.05) is 0 Å². The Kier molecular flexibility index (Phi) is 6.57. The minimum atomic E-state index is -4.30. The monoisotopic (exact) mass is 232 g/mol. The van der Waals surface area contributed by atoms with Gasteiger partial charge in [-0.1, -0.05) is 0 Å². The van der Waals surface area contributed by atoms with Crippen molar-refractivity contribution in [2.24, 2.45) is 0 Å². The zero-order valence-electron chi connectivity index (χ0n) is 7.47. The smallest absolute Gasteiger partial charge is 1.00 e. The van der Waals surface area contributed by atoms with E-state index in [1.54, 1.807) is 0 Å². The third-order valence-electron chi connectivity index (χ3n) is 0.599. The van der Waals surface area contributed by atoms with Gasteiger partial charge in [0.2, 0.25) is 0 Å². The van der Waals surface area contributed by atoms with Crippen molar-refractivity contribution in [1.29, 1.82) is 0 Å². The molecule has 0 aromatic carbocycles. The van der Waals surface area contributed by atoms with E-state index in [2.05, 4.69) is 0 Å². The second kappa shape index (κ2) is 4.95. The largest absolute Gasteiger partial charge is 2.00 e. The van der Waals surface area contributed by atoms with E-state index >= 15 is 0 Å². The summed E-state index contributed by atoms with van der Waals surface area (Å²) in [5, 5.41) is 0. The van der Waals surface area contributed by atoms with Crippen molar-refractivity contribution < 1.29 is 28.8 Å². The fourth-order valence-electron chi connectivity index (χ4n) is 0.211. The molecule has 66 valence electrons. The molecule has 0 aliphatic carbocycles. The van der Waals surface area contributed by atoms with Crippen molar-refractivity contribution in [3.63, 3.8) is 0 Å². The molecule has 0 saturated heterocycles. The topological polar surface area (TPSA) is 109 Å². The molecule has 0 aromatic rings. The molecule has 0 aliphatic rings. The van der Waals surface area contributed by atoms with Gasteiger partial charge in [0.25, 0.3) is 20.2 Å². The van der Waals surface area contributed by atoms with E-state index in [1.807, 2.05) is 0 Å². The van der Waals surface area contributed by atoms with Gasteiger partial charge >= 0.3 is 37.7 Å². The van der Waals surface area contributed by atoms with Crippen LogP contribution in [0.25, 0.3) is 0 Å². The fourth-order valence-corrected chi connectivity index (χ4v) is 1.90. The van der Waals surface area contributed by atoms with Crippen LogP contribution >= 0.6 is 0 Å². The summed E-state index contributed by atoms with van der Waals surface area (Å²) < 4.78 is 55.4. The fraction of sp³-hybridized carbons (Fsp3) is 1.00. The molecule has 0 radical (unpaired) electrons. The first kappa shape index (κ1) is 14.6. The molecular formula is C2H8CaO6S2. The SMILES string of the molecule is O=S(=O)(O)CCS(=O)(=O)O.[Ca+2].[H-].[H-]. The second-order valence-corrected chi connectivity index (χ2v) is 4.72. The van der Waals surface area contributed by atoms with Crippen LogP contribution in [0.2, 0.25) is 0 Å². The van der Waals surface area contributed by atoms with Crippen molar-refractivity contribution in [1.82, 2.24) is 0 Å². The standard InChI is InChI=1S/C2H6O6S2.Ca.2H/c3-9(4,5)1-2-10(6,7)8;;;/h1-2H2,(H,3,4,5)(H,6,7,8);;;/q;+2;2*-1. The summed E-state index contributed by atoms with van der Waals surface area (Å²) in [4.78, 5) is 0. The van der Waals surface area contributed by atoms with Crippen LogP contribution in [-0.2, 0) is 20.2 Å². The van der Waals surface area contributed by atoms with Crippen LogP contribution < -0.4 is 0 Å². The van der Waals surface area contributed by atoms with Gasteiger partial charge in [0.1, 0.15) is 0 Å². The van der Waals surface area contributed by atoms with Crippen LogP contribution in [0.15, 0.2) is 0 Å². The summed E-state index contributed by atoms with van der Waals surface area (Å²) in [5.74, 6) is -1.96. The van der Waals surface area contributed by atoms with E-state index in [1.165, 1.54) is 0 Å². The normalized spacial score (nSPS) is 12.2. The van der Waals surface area contributed by atoms with Crippen molar-refractivity contribution in [3.05, 3.63) is 0 Å². The van der Waals surface area contributed by atoms with Gasteiger partial charge in [0.05, 0.1) is 11.5 Å². The van der Waals surface area contributed by atoms with E-state index in [0.29, 0.717) is 0 Å². The van der Waals surface area contributed by atoms with E-state index in [-0.39, 0.29) is 40.6 Å². The quantitative estimate of drug-likeness (QED) is 0.458. The summed E-state index contributed by atoms with van der Waals surface area (Å²) in [6.45, 7) is 0. The summed E-state index contributed by atoms with van der Waals surface area (Å²) in [6, 6.07) is 0. The molecule has 11 heavy (non-hydrogen) atoms. The van der Waals surface area contributed by atoms with E-state index in [0.717, 1.165) is 0 Å². The first-order valence-electron chi connectivity index (χ1n) is 2.11. The van der Waals surface area contributed by atoms with Crippen molar-refractivity contribution >= 4 is 58.0 Å². The van der Waals surface area contributed by atoms with Crippen LogP contribution in [0.1, 0.15) is 2.85 Å². The Balaban J connectivity index is -0.000000135. The van der Waals surface area contributed by atoms with Gasteiger partial charge in [-0.25, -0.2) is 0 Å². The summed E-state index contributed by atoms with van der Waals surface area (Å²) in [6.07, 6.45) is 0. The molecule has 9 heteroatoms. The molecule has 0 fully saturated rings. The maximum absolute atomic E-state index is 9.86. The average Bonchev–Trinajstić information content (AvgIpc) is 1.57. The van der Waals surface area contributed by atoms with E-state index < -0.39 is 31.7 Å². The predicted octanol–water partition coefficient (Wildman–Crippen LogP) is -1.39. The molecule has 0 atom stereocenters. The van der Waals surface area contributed by atoms with Crippen LogP contribution in [-0.4, -0.2) is 75.2 Å². The summed E-state index contributed by atoms with van der Waals surface area (Å²) in [5.41, 5.74) is 0. The molecule has 6 nitrogen and oxygen atoms in total. The Morgan fingerprint density at radius 3 is 1.18 bits per heavy atom. The molecule has 0 unspecified atom stereocenters. The predicted molar refractivity (Wildman–Crippen MR) is 40.8 cm³/mol. The van der Waals surface area contributed by atoms with Gasteiger partial charge in [-0.05, 0) is 0 Å². The molecule has 0 aromatic heterocycles. The first-order chi connectivity index (χ1) is 4.21. The Labute approximate surface area is 97.4 Å². The third kappa shape index (κ3) is 14.0. The average molecular weight is 232 g/mol. The first-order valence-corrected chi connectivity index (χ1v) is 5.33. The zero-order chi connectivity index (χ0) is 8.41. The molecule has 0 amide bonds. The number of hydrogen-bond donors (Lipinski definition) is 2. The van der Waals surface area contributed by atoms with Crippen LogP contribution in [0.4, 0.5) is 0 Å². The Morgan fingerprint density at radius 2 is 1.09 bits per heavy atom. The maximum Gasteiger partial charge on any atom is 2.00 e. The minimum Gasteiger partial charge on any atom is -1.00 e. The Morgan fingerprint density at radius 1 is 0.909 bits per heavy atom. The van der Waals surface area contributed by atoms with Gasteiger partial charge in [0.15, 0.2) is 0 Å². The van der Waals surface area contributed by atoms with E-state index in [9.17, 15) is 16.8 Å². The van der Waals surface area contributed by atoms with Crippen LogP contribution in [0, 0.1) is 0 Å². The minimum absolute atomic E-state index is 0. The molecule has 0 aliphatic heterocycles. The molecule has 0 spiro atoms. The maximum atomic E-state index is 9.86. The van der Waals surface area contributed by atoms with Crippen LogP contribution in [0.5, 0.6) is 0 Å². The summed E-state index contributed by atoms with van der Waals surface area (Å²) in [7, 11) is -8.59. The molecular weight excluding hydrogens is 224 g/mol.